The van der Waals surface area contributed by atoms with Gasteiger partial charge in [0.05, 0.1) is 5.56 Å². The second-order valence-corrected chi connectivity index (χ2v) is 5.88. The van der Waals surface area contributed by atoms with E-state index in [9.17, 15) is 4.79 Å². The van der Waals surface area contributed by atoms with Gasteiger partial charge in [-0.05, 0) is 30.9 Å². The second kappa shape index (κ2) is 7.27. The van der Waals surface area contributed by atoms with E-state index in [1.807, 2.05) is 12.1 Å². The number of rotatable bonds is 4. The first kappa shape index (κ1) is 14.8. The maximum atomic E-state index is 12.3. The number of anilines is 1. The molecule has 4 nitrogen and oxygen atoms in total. The topological polar surface area (TPSA) is 45.2 Å². The van der Waals surface area contributed by atoms with E-state index in [1.165, 1.54) is 25.7 Å². The zero-order chi connectivity index (χ0) is 14.4. The van der Waals surface area contributed by atoms with Gasteiger partial charge in [-0.15, -0.1) is 0 Å². The highest BCUT2D eigenvalue weighted by molar-refractivity contribution is 5.98. The maximum Gasteiger partial charge on any atom is 0.255 e. The van der Waals surface area contributed by atoms with Crippen molar-refractivity contribution in [2.75, 3.05) is 24.5 Å². The summed E-state index contributed by atoms with van der Waals surface area (Å²) in [5.41, 5.74) is 0.704. The molecule has 110 valence electrons. The van der Waals surface area contributed by atoms with Gasteiger partial charge >= 0.3 is 0 Å². The van der Waals surface area contributed by atoms with Gasteiger partial charge in [0.1, 0.15) is 5.82 Å². The van der Waals surface area contributed by atoms with Gasteiger partial charge < -0.3 is 10.2 Å². The summed E-state index contributed by atoms with van der Waals surface area (Å²) < 4.78 is 0. The molecule has 0 spiro atoms. The number of carbonyl (C=O) groups is 1. The zero-order valence-electron chi connectivity index (χ0n) is 12.6. The van der Waals surface area contributed by atoms with Crippen molar-refractivity contribution < 1.29 is 4.79 Å². The van der Waals surface area contributed by atoms with Gasteiger partial charge in [0, 0.05) is 25.8 Å². The van der Waals surface area contributed by atoms with Gasteiger partial charge in [-0.3, -0.25) is 4.79 Å². The number of hydrogen-bond acceptors (Lipinski definition) is 3. The minimum Gasteiger partial charge on any atom is -0.356 e. The van der Waals surface area contributed by atoms with E-state index in [0.29, 0.717) is 18.0 Å². The standard InChI is InChI=1S/C16H25N3O/c1-13(2)12-18-16(20)14-8-7-9-17-15(14)19-10-5-3-4-6-11-19/h7-9,13H,3-6,10-12H2,1-2H3,(H,18,20). The van der Waals surface area contributed by atoms with Crippen LogP contribution in [0.25, 0.3) is 0 Å². The Kier molecular flexibility index (Phi) is 5.39. The SMILES string of the molecule is CC(C)CNC(=O)c1cccnc1N1CCCCCC1. The molecule has 1 amide bonds. The Morgan fingerprint density at radius 1 is 1.30 bits per heavy atom. The number of aromatic nitrogens is 1. The smallest absolute Gasteiger partial charge is 0.255 e. The summed E-state index contributed by atoms with van der Waals surface area (Å²) in [6.07, 6.45) is 6.70. The van der Waals surface area contributed by atoms with Crippen LogP contribution < -0.4 is 10.2 Å². The summed E-state index contributed by atoms with van der Waals surface area (Å²) in [4.78, 5) is 19.0. The quantitative estimate of drug-likeness (QED) is 0.919. The maximum absolute atomic E-state index is 12.3. The van der Waals surface area contributed by atoms with Crippen molar-refractivity contribution in [1.29, 1.82) is 0 Å². The molecule has 2 rings (SSSR count). The fraction of sp³-hybridized carbons (Fsp3) is 0.625. The average Bonchev–Trinajstić information content (AvgIpc) is 2.73. The normalized spacial score (nSPS) is 16.1. The Labute approximate surface area is 121 Å². The number of amides is 1. The van der Waals surface area contributed by atoms with E-state index in [4.69, 9.17) is 0 Å². The van der Waals surface area contributed by atoms with Crippen LogP contribution in [0.1, 0.15) is 49.9 Å². The summed E-state index contributed by atoms with van der Waals surface area (Å²) in [6, 6.07) is 3.72. The molecule has 1 N–H and O–H groups in total. The van der Waals surface area contributed by atoms with Crippen LogP contribution in [-0.2, 0) is 0 Å². The molecule has 1 fully saturated rings. The first-order valence-electron chi connectivity index (χ1n) is 7.66. The van der Waals surface area contributed by atoms with Crippen molar-refractivity contribution in [3.8, 4) is 0 Å². The van der Waals surface area contributed by atoms with E-state index >= 15 is 0 Å². The molecule has 0 aromatic carbocycles. The van der Waals surface area contributed by atoms with Crippen LogP contribution in [0.2, 0.25) is 0 Å². The summed E-state index contributed by atoms with van der Waals surface area (Å²) in [5.74, 6) is 1.29. The van der Waals surface area contributed by atoms with Gasteiger partial charge in [-0.2, -0.15) is 0 Å². The van der Waals surface area contributed by atoms with Gasteiger partial charge in [-0.1, -0.05) is 26.7 Å². The van der Waals surface area contributed by atoms with Crippen LogP contribution in [-0.4, -0.2) is 30.5 Å². The lowest BCUT2D eigenvalue weighted by Crippen LogP contribution is -2.32. The average molecular weight is 275 g/mol. The van der Waals surface area contributed by atoms with E-state index in [0.717, 1.165) is 18.9 Å². The Morgan fingerprint density at radius 3 is 2.65 bits per heavy atom. The molecule has 0 radical (unpaired) electrons. The predicted molar refractivity (Wildman–Crippen MR) is 82.1 cm³/mol. The van der Waals surface area contributed by atoms with Crippen molar-refractivity contribution in [2.24, 2.45) is 5.92 Å². The summed E-state index contributed by atoms with van der Waals surface area (Å²) in [5, 5.41) is 2.99. The van der Waals surface area contributed by atoms with Crippen molar-refractivity contribution in [1.82, 2.24) is 10.3 Å². The van der Waals surface area contributed by atoms with Crippen molar-refractivity contribution in [3.05, 3.63) is 23.9 Å². The number of pyridine rings is 1. The highest BCUT2D eigenvalue weighted by Gasteiger charge is 2.18. The largest absolute Gasteiger partial charge is 0.356 e. The predicted octanol–water partition coefficient (Wildman–Crippen LogP) is 2.85. The summed E-state index contributed by atoms with van der Waals surface area (Å²) in [7, 11) is 0. The minimum absolute atomic E-state index is 0.00829. The van der Waals surface area contributed by atoms with Crippen molar-refractivity contribution >= 4 is 11.7 Å². The number of carbonyl (C=O) groups excluding carboxylic acids is 1. The summed E-state index contributed by atoms with van der Waals surface area (Å²) >= 11 is 0. The first-order valence-corrected chi connectivity index (χ1v) is 7.66. The Morgan fingerprint density at radius 2 is 2.00 bits per heavy atom. The Bertz CT molecular complexity index is 437. The third kappa shape index (κ3) is 3.95. The molecule has 4 heteroatoms. The fourth-order valence-electron chi connectivity index (χ4n) is 2.50. The monoisotopic (exact) mass is 275 g/mol. The molecule has 0 aliphatic carbocycles. The molecular formula is C16H25N3O. The van der Waals surface area contributed by atoms with Crippen LogP contribution in [0.15, 0.2) is 18.3 Å². The number of hydrogen-bond donors (Lipinski definition) is 1. The van der Waals surface area contributed by atoms with Crippen LogP contribution in [0, 0.1) is 5.92 Å². The molecule has 20 heavy (non-hydrogen) atoms. The molecule has 2 heterocycles. The van der Waals surface area contributed by atoms with Crippen LogP contribution >= 0.6 is 0 Å². The lowest BCUT2D eigenvalue weighted by molar-refractivity contribution is 0.0949. The molecule has 1 saturated heterocycles. The lowest BCUT2D eigenvalue weighted by atomic mass is 10.2. The summed E-state index contributed by atoms with van der Waals surface area (Å²) in [6.45, 7) is 6.90. The number of nitrogens with zero attached hydrogens (tertiary/aromatic N) is 2. The van der Waals surface area contributed by atoms with E-state index in [-0.39, 0.29) is 5.91 Å². The molecule has 1 aliphatic rings. The zero-order valence-corrected chi connectivity index (χ0v) is 12.6. The van der Waals surface area contributed by atoms with Gasteiger partial charge in [0.15, 0.2) is 0 Å². The lowest BCUT2D eigenvalue weighted by Gasteiger charge is -2.23. The van der Waals surface area contributed by atoms with E-state index < -0.39 is 0 Å². The highest BCUT2D eigenvalue weighted by atomic mass is 16.1. The first-order chi connectivity index (χ1) is 9.68. The van der Waals surface area contributed by atoms with Gasteiger partial charge in [-0.25, -0.2) is 4.98 Å². The van der Waals surface area contributed by atoms with Crippen molar-refractivity contribution in [2.45, 2.75) is 39.5 Å². The molecule has 1 aromatic rings. The Balaban J connectivity index is 2.14. The van der Waals surface area contributed by atoms with Crippen molar-refractivity contribution in [3.63, 3.8) is 0 Å². The van der Waals surface area contributed by atoms with E-state index in [1.54, 1.807) is 6.20 Å². The van der Waals surface area contributed by atoms with E-state index in [2.05, 4.69) is 29.0 Å². The van der Waals surface area contributed by atoms with Crippen LogP contribution in [0.4, 0.5) is 5.82 Å². The number of nitrogens with one attached hydrogen (secondary N) is 1. The molecule has 0 saturated carbocycles. The van der Waals surface area contributed by atoms with Crippen LogP contribution in [0.3, 0.4) is 0 Å². The fourth-order valence-corrected chi connectivity index (χ4v) is 2.50. The highest BCUT2D eigenvalue weighted by Crippen LogP contribution is 2.21. The Hall–Kier alpha value is -1.58. The molecule has 1 aliphatic heterocycles. The van der Waals surface area contributed by atoms with Gasteiger partial charge in [0.25, 0.3) is 5.91 Å². The molecule has 1 aromatic heterocycles. The van der Waals surface area contributed by atoms with Crippen LogP contribution in [0.5, 0.6) is 0 Å². The molecule has 0 unspecified atom stereocenters. The minimum atomic E-state index is -0.00829. The van der Waals surface area contributed by atoms with Gasteiger partial charge in [0.2, 0.25) is 0 Å². The third-order valence-electron chi connectivity index (χ3n) is 3.61. The molecule has 0 bridgehead atoms. The third-order valence-corrected chi connectivity index (χ3v) is 3.61. The second-order valence-electron chi connectivity index (χ2n) is 5.88. The molecule has 0 atom stereocenters. The molecular weight excluding hydrogens is 250 g/mol.